The maximum atomic E-state index is 13.4. The molecule has 1 aliphatic heterocycles. The van der Waals surface area contributed by atoms with E-state index in [1.807, 2.05) is 0 Å². The first-order valence-electron chi connectivity index (χ1n) is 9.64. The number of fused-ring (bicyclic) bond motifs is 4. The van der Waals surface area contributed by atoms with Crippen molar-refractivity contribution in [3.05, 3.63) is 65.5 Å². The molecule has 0 atom stereocenters. The van der Waals surface area contributed by atoms with E-state index in [0.717, 1.165) is 18.2 Å². The van der Waals surface area contributed by atoms with Crippen molar-refractivity contribution >= 4 is 34.0 Å². The minimum absolute atomic E-state index is 0.0552. The fraction of sp³-hybridized carbons (Fsp3) is 0.136. The molecule has 34 heavy (non-hydrogen) atoms. The first-order chi connectivity index (χ1) is 16.1. The third kappa shape index (κ3) is 3.75. The van der Waals surface area contributed by atoms with Crippen molar-refractivity contribution in [1.29, 1.82) is 0 Å². The molecule has 1 aliphatic rings. The van der Waals surface area contributed by atoms with Crippen molar-refractivity contribution in [2.24, 2.45) is 0 Å². The Morgan fingerprint density at radius 1 is 0.941 bits per heavy atom. The number of rotatable bonds is 2. The molecule has 5 rings (SSSR count). The minimum Gasteiger partial charge on any atom is -0.451 e. The second-order valence-corrected chi connectivity index (χ2v) is 7.56. The first-order valence-corrected chi connectivity index (χ1v) is 10.2. The number of nitrogens with zero attached hydrogens (tertiary/aromatic N) is 3. The first kappa shape index (κ1) is 22.2. The summed E-state index contributed by atoms with van der Waals surface area (Å²) < 4.78 is 85.3. The number of hydrogen-bond donors (Lipinski definition) is 1. The molecule has 12 heteroatoms. The van der Waals surface area contributed by atoms with Gasteiger partial charge < -0.3 is 10.1 Å². The zero-order valence-corrected chi connectivity index (χ0v) is 17.5. The molecule has 0 amide bonds. The number of ether oxygens (including phenoxy) is 1. The van der Waals surface area contributed by atoms with Gasteiger partial charge in [-0.2, -0.15) is 26.3 Å². The van der Waals surface area contributed by atoms with Crippen LogP contribution in [0.3, 0.4) is 0 Å². The van der Waals surface area contributed by atoms with E-state index >= 15 is 0 Å². The molecule has 0 saturated carbocycles. The lowest BCUT2D eigenvalue weighted by Crippen LogP contribution is -2.11. The molecule has 0 radical (unpaired) electrons. The number of halogens is 7. The second kappa shape index (κ2) is 7.73. The van der Waals surface area contributed by atoms with Crippen LogP contribution in [0.2, 0.25) is 0 Å². The topological polar surface area (TPSA) is 59.9 Å². The van der Waals surface area contributed by atoms with Gasteiger partial charge in [-0.25, -0.2) is 9.97 Å². The number of benzene rings is 1. The van der Waals surface area contributed by atoms with Gasteiger partial charge in [-0.1, -0.05) is 0 Å². The van der Waals surface area contributed by atoms with Crippen molar-refractivity contribution in [2.75, 3.05) is 5.32 Å². The third-order valence-electron chi connectivity index (χ3n) is 5.14. The molecule has 3 aromatic heterocycles. The van der Waals surface area contributed by atoms with Gasteiger partial charge in [-0.05, 0) is 42.5 Å². The van der Waals surface area contributed by atoms with Gasteiger partial charge in [0.2, 0.25) is 0 Å². The lowest BCUT2D eigenvalue weighted by Gasteiger charge is -2.25. The molecule has 0 spiro atoms. The number of hydrogen-bond acceptors (Lipinski definition) is 5. The molecule has 4 heterocycles. The average Bonchev–Trinajstić information content (AvgIpc) is 2.80. The van der Waals surface area contributed by atoms with E-state index in [1.165, 1.54) is 30.5 Å². The van der Waals surface area contributed by atoms with Crippen LogP contribution in [0.4, 0.5) is 37.7 Å². The van der Waals surface area contributed by atoms with Gasteiger partial charge in [0.15, 0.2) is 17.1 Å². The molecule has 0 unspecified atom stereocenters. The standard InChI is InChI=1S/C22H11ClF6N4O/c23-9-15-19-17(31-13-5-3-10(21(24,25)26)8-16(13)34-19)11-4-6-14(32-20(11)33-15)18-12(22(27,28)29)2-1-7-30-18/h1-8,31H,9H2. The fourth-order valence-electron chi connectivity index (χ4n) is 3.60. The molecular weight excluding hydrogens is 486 g/mol. The lowest BCUT2D eigenvalue weighted by atomic mass is 10.1. The Bertz CT molecular complexity index is 1440. The van der Waals surface area contributed by atoms with E-state index in [4.69, 9.17) is 16.3 Å². The van der Waals surface area contributed by atoms with Crippen molar-refractivity contribution in [2.45, 2.75) is 18.2 Å². The predicted octanol–water partition coefficient (Wildman–Crippen LogP) is 7.32. The van der Waals surface area contributed by atoms with Crippen molar-refractivity contribution < 1.29 is 31.1 Å². The monoisotopic (exact) mass is 496 g/mol. The summed E-state index contributed by atoms with van der Waals surface area (Å²) in [6, 6.07) is 7.90. The van der Waals surface area contributed by atoms with Crippen LogP contribution in [0.15, 0.2) is 48.7 Å². The maximum Gasteiger partial charge on any atom is 0.418 e. The second-order valence-electron chi connectivity index (χ2n) is 7.30. The van der Waals surface area contributed by atoms with Crippen LogP contribution in [-0.4, -0.2) is 15.0 Å². The Hall–Kier alpha value is -3.60. The van der Waals surface area contributed by atoms with Gasteiger partial charge in [-0.15, -0.1) is 11.6 Å². The molecule has 0 bridgehead atoms. The van der Waals surface area contributed by atoms with Gasteiger partial charge in [0.25, 0.3) is 0 Å². The Morgan fingerprint density at radius 3 is 2.44 bits per heavy atom. The summed E-state index contributed by atoms with van der Waals surface area (Å²) in [5, 5.41) is 3.38. The Kier molecular flexibility index (Phi) is 5.05. The van der Waals surface area contributed by atoms with E-state index in [2.05, 4.69) is 20.3 Å². The van der Waals surface area contributed by atoms with Gasteiger partial charge in [0.1, 0.15) is 11.4 Å². The number of alkyl halides is 7. The Labute approximate surface area is 192 Å². The summed E-state index contributed by atoms with van der Waals surface area (Å²) >= 11 is 6.00. The molecule has 5 nitrogen and oxygen atoms in total. The van der Waals surface area contributed by atoms with Crippen LogP contribution in [0, 0.1) is 0 Å². The Morgan fingerprint density at radius 2 is 1.74 bits per heavy atom. The molecule has 174 valence electrons. The molecular formula is C22H11ClF6N4O. The van der Waals surface area contributed by atoms with E-state index in [1.54, 1.807) is 0 Å². The maximum absolute atomic E-state index is 13.4. The van der Waals surface area contributed by atoms with Crippen molar-refractivity contribution in [3.63, 3.8) is 0 Å². The van der Waals surface area contributed by atoms with E-state index < -0.39 is 23.5 Å². The zero-order chi connectivity index (χ0) is 24.3. The summed E-state index contributed by atoms with van der Waals surface area (Å²) in [6.07, 6.45) is -7.97. The summed E-state index contributed by atoms with van der Waals surface area (Å²) in [5.74, 6) is -0.141. The molecule has 0 aliphatic carbocycles. The molecule has 0 fully saturated rings. The number of pyridine rings is 3. The van der Waals surface area contributed by atoms with Crippen LogP contribution < -0.4 is 10.1 Å². The fourth-order valence-corrected chi connectivity index (χ4v) is 3.78. The highest BCUT2D eigenvalue weighted by atomic mass is 35.5. The smallest absolute Gasteiger partial charge is 0.418 e. The highest BCUT2D eigenvalue weighted by Gasteiger charge is 2.35. The zero-order valence-electron chi connectivity index (χ0n) is 16.7. The number of anilines is 2. The van der Waals surface area contributed by atoms with Gasteiger partial charge in [0.05, 0.1) is 34.1 Å². The van der Waals surface area contributed by atoms with Crippen molar-refractivity contribution in [3.8, 4) is 22.9 Å². The van der Waals surface area contributed by atoms with Crippen LogP contribution in [-0.2, 0) is 18.2 Å². The van der Waals surface area contributed by atoms with Gasteiger partial charge >= 0.3 is 12.4 Å². The quantitative estimate of drug-likeness (QED) is 0.205. The summed E-state index contributed by atoms with van der Waals surface area (Å²) in [5.41, 5.74) is -1.43. The van der Waals surface area contributed by atoms with Crippen LogP contribution in [0.25, 0.3) is 22.4 Å². The molecule has 4 aromatic rings. The van der Waals surface area contributed by atoms with E-state index in [0.29, 0.717) is 11.1 Å². The summed E-state index contributed by atoms with van der Waals surface area (Å²) in [6.45, 7) is 0. The van der Waals surface area contributed by atoms with Crippen LogP contribution in [0.1, 0.15) is 16.8 Å². The molecule has 1 N–H and O–H groups in total. The van der Waals surface area contributed by atoms with Gasteiger partial charge in [0, 0.05) is 11.6 Å². The molecule has 1 aromatic carbocycles. The van der Waals surface area contributed by atoms with E-state index in [9.17, 15) is 26.3 Å². The Balaban J connectivity index is 1.64. The van der Waals surface area contributed by atoms with Crippen LogP contribution in [0.5, 0.6) is 11.5 Å². The highest BCUT2D eigenvalue weighted by Crippen LogP contribution is 2.48. The summed E-state index contributed by atoms with van der Waals surface area (Å²) in [7, 11) is 0. The lowest BCUT2D eigenvalue weighted by molar-refractivity contribution is -0.138. The number of nitrogens with one attached hydrogen (secondary N) is 1. The summed E-state index contributed by atoms with van der Waals surface area (Å²) in [4.78, 5) is 12.4. The van der Waals surface area contributed by atoms with Crippen LogP contribution >= 0.6 is 11.6 Å². The normalized spacial score (nSPS) is 13.1. The van der Waals surface area contributed by atoms with Crippen molar-refractivity contribution in [1.82, 2.24) is 15.0 Å². The predicted molar refractivity (Wildman–Crippen MR) is 112 cm³/mol. The number of aromatic nitrogens is 3. The highest BCUT2D eigenvalue weighted by molar-refractivity contribution is 6.17. The minimum atomic E-state index is -4.64. The average molecular weight is 497 g/mol. The SMILES string of the molecule is FC(F)(F)c1ccc2c(c1)Oc1c(CCl)nc3nc(-c4ncccc4C(F)(F)F)ccc3c1N2. The van der Waals surface area contributed by atoms with Gasteiger partial charge in [-0.3, -0.25) is 4.98 Å². The molecule has 0 saturated heterocycles. The third-order valence-corrected chi connectivity index (χ3v) is 5.39. The van der Waals surface area contributed by atoms with E-state index in [-0.39, 0.29) is 45.8 Å². The largest absolute Gasteiger partial charge is 0.451 e.